The summed E-state index contributed by atoms with van der Waals surface area (Å²) in [7, 11) is 0. The highest BCUT2D eigenvalue weighted by molar-refractivity contribution is 5.81. The van der Waals surface area contributed by atoms with Crippen molar-refractivity contribution in [1.82, 2.24) is 10.6 Å². The molecule has 0 aliphatic heterocycles. The van der Waals surface area contributed by atoms with Crippen molar-refractivity contribution in [3.63, 3.8) is 0 Å². The van der Waals surface area contributed by atoms with Crippen molar-refractivity contribution in [2.24, 2.45) is 11.3 Å². The lowest BCUT2D eigenvalue weighted by Crippen LogP contribution is -2.39. The number of carbonyl (C=O) groups excluding carboxylic acids is 2. The molecule has 0 bridgehead atoms. The highest BCUT2D eigenvalue weighted by atomic mass is 16.3. The lowest BCUT2D eigenvalue weighted by Gasteiger charge is -2.28. The number of aliphatic hydroxyl groups is 1. The number of hydrogen-bond donors (Lipinski definition) is 3. The van der Waals surface area contributed by atoms with Crippen LogP contribution in [0.3, 0.4) is 0 Å². The SMILES string of the molecule is CC(C)(C)C(=O)NCCCC(=O)NC1CCC(CO)CC1. The van der Waals surface area contributed by atoms with Gasteiger partial charge in [0.2, 0.25) is 11.8 Å². The van der Waals surface area contributed by atoms with E-state index >= 15 is 0 Å². The second kappa shape index (κ2) is 8.37. The van der Waals surface area contributed by atoms with Crippen LogP contribution in [0.2, 0.25) is 0 Å². The van der Waals surface area contributed by atoms with Crippen LogP contribution in [-0.4, -0.2) is 36.1 Å². The number of rotatable bonds is 6. The van der Waals surface area contributed by atoms with Crippen molar-refractivity contribution in [1.29, 1.82) is 0 Å². The van der Waals surface area contributed by atoms with Crippen LogP contribution in [0.25, 0.3) is 0 Å². The van der Waals surface area contributed by atoms with Crippen molar-refractivity contribution >= 4 is 11.8 Å². The quantitative estimate of drug-likeness (QED) is 0.652. The molecule has 0 heterocycles. The molecule has 2 amide bonds. The molecule has 5 nitrogen and oxygen atoms in total. The number of nitrogens with one attached hydrogen (secondary N) is 2. The maximum atomic E-state index is 11.8. The minimum absolute atomic E-state index is 0.0187. The normalized spacial score (nSPS) is 22.7. The van der Waals surface area contributed by atoms with Crippen LogP contribution in [0.5, 0.6) is 0 Å². The summed E-state index contributed by atoms with van der Waals surface area (Å²) >= 11 is 0. The molecule has 21 heavy (non-hydrogen) atoms. The van der Waals surface area contributed by atoms with Gasteiger partial charge in [0.1, 0.15) is 0 Å². The monoisotopic (exact) mass is 298 g/mol. The van der Waals surface area contributed by atoms with Crippen molar-refractivity contribution in [2.75, 3.05) is 13.2 Å². The van der Waals surface area contributed by atoms with Gasteiger partial charge in [-0.2, -0.15) is 0 Å². The summed E-state index contributed by atoms with van der Waals surface area (Å²) < 4.78 is 0. The molecule has 1 saturated carbocycles. The fourth-order valence-electron chi connectivity index (χ4n) is 2.51. The van der Waals surface area contributed by atoms with Crippen LogP contribution in [0.1, 0.15) is 59.3 Å². The Morgan fingerprint density at radius 1 is 1.14 bits per heavy atom. The van der Waals surface area contributed by atoms with Gasteiger partial charge >= 0.3 is 0 Å². The van der Waals surface area contributed by atoms with Gasteiger partial charge < -0.3 is 15.7 Å². The molecule has 0 unspecified atom stereocenters. The van der Waals surface area contributed by atoms with Gasteiger partial charge in [0.25, 0.3) is 0 Å². The summed E-state index contributed by atoms with van der Waals surface area (Å²) in [5.41, 5.74) is -0.381. The molecule has 122 valence electrons. The summed E-state index contributed by atoms with van der Waals surface area (Å²) in [5.74, 6) is 0.489. The Morgan fingerprint density at radius 3 is 2.29 bits per heavy atom. The number of aliphatic hydroxyl groups excluding tert-OH is 1. The maximum absolute atomic E-state index is 11.8. The zero-order valence-electron chi connectivity index (χ0n) is 13.6. The number of carbonyl (C=O) groups is 2. The average Bonchev–Trinajstić information content (AvgIpc) is 2.43. The molecule has 1 aliphatic rings. The van der Waals surface area contributed by atoms with E-state index < -0.39 is 0 Å². The first-order valence-electron chi connectivity index (χ1n) is 8.01. The Balaban J connectivity index is 2.11. The summed E-state index contributed by atoms with van der Waals surface area (Å²) in [6, 6.07) is 0.254. The molecular formula is C16H30N2O3. The van der Waals surface area contributed by atoms with E-state index in [2.05, 4.69) is 10.6 Å². The molecule has 5 heteroatoms. The zero-order chi connectivity index (χ0) is 15.9. The third-order valence-corrected chi connectivity index (χ3v) is 4.02. The minimum Gasteiger partial charge on any atom is -0.396 e. The smallest absolute Gasteiger partial charge is 0.225 e. The third-order valence-electron chi connectivity index (χ3n) is 4.02. The third kappa shape index (κ3) is 6.93. The second-order valence-electron chi connectivity index (χ2n) is 7.08. The topological polar surface area (TPSA) is 78.4 Å². The van der Waals surface area contributed by atoms with Gasteiger partial charge in [0.15, 0.2) is 0 Å². The van der Waals surface area contributed by atoms with E-state index in [4.69, 9.17) is 5.11 Å². The standard InChI is InChI=1S/C16H30N2O3/c1-16(2,3)15(21)17-10-4-5-14(20)18-13-8-6-12(11-19)7-9-13/h12-13,19H,4-11H2,1-3H3,(H,17,21)(H,18,20). The molecule has 3 N–H and O–H groups in total. The van der Waals surface area contributed by atoms with Gasteiger partial charge in [0, 0.05) is 31.0 Å². The van der Waals surface area contributed by atoms with Crippen LogP contribution < -0.4 is 10.6 Å². The van der Waals surface area contributed by atoms with Crippen LogP contribution in [0.4, 0.5) is 0 Å². The molecular weight excluding hydrogens is 268 g/mol. The van der Waals surface area contributed by atoms with Gasteiger partial charge in [-0.25, -0.2) is 0 Å². The largest absolute Gasteiger partial charge is 0.396 e. The van der Waals surface area contributed by atoms with Gasteiger partial charge in [-0.1, -0.05) is 20.8 Å². The fraction of sp³-hybridized carbons (Fsp3) is 0.875. The maximum Gasteiger partial charge on any atom is 0.225 e. The fourth-order valence-corrected chi connectivity index (χ4v) is 2.51. The first-order chi connectivity index (χ1) is 9.82. The zero-order valence-corrected chi connectivity index (χ0v) is 13.6. The Kier molecular flexibility index (Phi) is 7.15. The second-order valence-corrected chi connectivity index (χ2v) is 7.08. The molecule has 1 aliphatic carbocycles. The highest BCUT2D eigenvalue weighted by Crippen LogP contribution is 2.23. The molecule has 0 radical (unpaired) electrons. The van der Waals surface area contributed by atoms with Crippen LogP contribution in [0, 0.1) is 11.3 Å². The molecule has 1 rings (SSSR count). The van der Waals surface area contributed by atoms with Crippen molar-refractivity contribution in [3.8, 4) is 0 Å². The van der Waals surface area contributed by atoms with E-state index in [9.17, 15) is 9.59 Å². The predicted molar refractivity (Wildman–Crippen MR) is 82.7 cm³/mol. The first kappa shape index (κ1) is 18.0. The van der Waals surface area contributed by atoms with Gasteiger partial charge in [-0.05, 0) is 38.0 Å². The summed E-state index contributed by atoms with van der Waals surface area (Å²) in [4.78, 5) is 23.5. The molecule has 0 aromatic carbocycles. The molecule has 1 fully saturated rings. The van der Waals surface area contributed by atoms with E-state index in [0.29, 0.717) is 25.3 Å². The minimum atomic E-state index is -0.381. The van der Waals surface area contributed by atoms with Gasteiger partial charge in [-0.3, -0.25) is 9.59 Å². The molecule has 0 spiro atoms. The molecule has 0 aromatic heterocycles. The van der Waals surface area contributed by atoms with Crippen LogP contribution >= 0.6 is 0 Å². The summed E-state index contributed by atoms with van der Waals surface area (Å²) in [5, 5.41) is 15.0. The Hall–Kier alpha value is -1.10. The number of hydrogen-bond acceptors (Lipinski definition) is 3. The van der Waals surface area contributed by atoms with Gasteiger partial charge in [-0.15, -0.1) is 0 Å². The molecule has 0 saturated heterocycles. The average molecular weight is 298 g/mol. The summed E-state index contributed by atoms with van der Waals surface area (Å²) in [6.07, 6.45) is 5.01. The lowest BCUT2D eigenvalue weighted by molar-refractivity contribution is -0.128. The predicted octanol–water partition coefficient (Wildman–Crippen LogP) is 1.60. The Bertz CT molecular complexity index is 342. The summed E-state index contributed by atoms with van der Waals surface area (Å²) in [6.45, 7) is 6.42. The molecule has 0 atom stereocenters. The van der Waals surface area contributed by atoms with Crippen LogP contribution in [-0.2, 0) is 9.59 Å². The first-order valence-corrected chi connectivity index (χ1v) is 8.01. The van der Waals surface area contributed by atoms with Gasteiger partial charge in [0.05, 0.1) is 0 Å². The lowest BCUT2D eigenvalue weighted by atomic mass is 9.86. The number of amides is 2. The van der Waals surface area contributed by atoms with Crippen molar-refractivity contribution in [2.45, 2.75) is 65.3 Å². The van der Waals surface area contributed by atoms with Crippen LogP contribution in [0.15, 0.2) is 0 Å². The van der Waals surface area contributed by atoms with Crippen molar-refractivity contribution < 1.29 is 14.7 Å². The van der Waals surface area contributed by atoms with E-state index in [-0.39, 0.29) is 29.9 Å². The van der Waals surface area contributed by atoms with E-state index in [0.717, 1.165) is 25.7 Å². The van der Waals surface area contributed by atoms with Crippen molar-refractivity contribution in [3.05, 3.63) is 0 Å². The van der Waals surface area contributed by atoms with E-state index in [1.807, 2.05) is 20.8 Å². The van der Waals surface area contributed by atoms with E-state index in [1.54, 1.807) is 0 Å². The van der Waals surface area contributed by atoms with E-state index in [1.165, 1.54) is 0 Å². The molecule has 0 aromatic rings. The highest BCUT2D eigenvalue weighted by Gasteiger charge is 2.22. The Morgan fingerprint density at radius 2 is 1.76 bits per heavy atom. The Labute approximate surface area is 127 Å².